The van der Waals surface area contributed by atoms with Gasteiger partial charge in [0, 0.05) is 32.1 Å². The van der Waals surface area contributed by atoms with E-state index in [2.05, 4.69) is 5.32 Å². The summed E-state index contributed by atoms with van der Waals surface area (Å²) in [4.78, 5) is 23.4. The first kappa shape index (κ1) is 16.0. The fourth-order valence-corrected chi connectivity index (χ4v) is 2.30. The van der Waals surface area contributed by atoms with Crippen LogP contribution >= 0.6 is 0 Å². The molecule has 1 amide bonds. The molecule has 1 unspecified atom stereocenters. The van der Waals surface area contributed by atoms with E-state index in [1.807, 2.05) is 6.92 Å². The van der Waals surface area contributed by atoms with Crippen LogP contribution in [-0.4, -0.2) is 38.2 Å². The van der Waals surface area contributed by atoms with E-state index in [1.165, 1.54) is 0 Å². The monoisotopic (exact) mass is 271 g/mol. The maximum Gasteiger partial charge on any atom is 0.307 e. The molecule has 0 aliphatic heterocycles. The summed E-state index contributed by atoms with van der Waals surface area (Å²) in [6.07, 6.45) is 5.14. The van der Waals surface area contributed by atoms with Crippen molar-refractivity contribution in [2.75, 3.05) is 20.3 Å². The molecule has 1 fully saturated rings. The van der Waals surface area contributed by atoms with Crippen LogP contribution in [-0.2, 0) is 19.1 Å². The van der Waals surface area contributed by atoms with Crippen LogP contribution in [0.1, 0.15) is 45.4 Å². The molecular formula is C14H25NO4. The summed E-state index contributed by atoms with van der Waals surface area (Å²) in [5.74, 6) is -0.0484. The quantitative estimate of drug-likeness (QED) is 0.538. The Morgan fingerprint density at radius 2 is 1.95 bits per heavy atom. The number of carbonyl (C=O) groups is 2. The molecule has 0 heterocycles. The van der Waals surface area contributed by atoms with Crippen molar-refractivity contribution >= 4 is 11.9 Å². The highest BCUT2D eigenvalue weighted by atomic mass is 16.5. The first-order chi connectivity index (χ1) is 9.13. The SMILES string of the molecule is COCCCOC(=O)CC(C)NC(=O)C1CCCC1. The smallest absolute Gasteiger partial charge is 0.307 e. The van der Waals surface area contributed by atoms with Gasteiger partial charge in [-0.2, -0.15) is 0 Å². The molecule has 0 spiro atoms. The standard InChI is InChI=1S/C14H25NO4/c1-11(10-13(16)19-9-5-8-18-2)15-14(17)12-6-3-4-7-12/h11-12H,3-10H2,1-2H3,(H,15,17). The summed E-state index contributed by atoms with van der Waals surface area (Å²) < 4.78 is 9.92. The molecule has 0 saturated heterocycles. The highest BCUT2D eigenvalue weighted by Gasteiger charge is 2.24. The number of esters is 1. The largest absolute Gasteiger partial charge is 0.466 e. The summed E-state index contributed by atoms with van der Waals surface area (Å²) >= 11 is 0. The minimum absolute atomic E-state index is 0.0807. The van der Waals surface area contributed by atoms with E-state index in [-0.39, 0.29) is 30.3 Å². The van der Waals surface area contributed by atoms with Crippen molar-refractivity contribution in [3.05, 3.63) is 0 Å². The van der Waals surface area contributed by atoms with Crippen LogP contribution in [0.25, 0.3) is 0 Å². The second-order valence-corrected chi connectivity index (χ2v) is 5.16. The Kier molecular flexibility index (Phi) is 7.48. The molecule has 0 bridgehead atoms. The number of carbonyl (C=O) groups excluding carboxylic acids is 2. The number of rotatable bonds is 8. The van der Waals surface area contributed by atoms with Crippen molar-refractivity contribution < 1.29 is 19.1 Å². The lowest BCUT2D eigenvalue weighted by atomic mass is 10.1. The van der Waals surface area contributed by atoms with Crippen LogP contribution < -0.4 is 5.32 Å². The van der Waals surface area contributed by atoms with Gasteiger partial charge in [0.05, 0.1) is 13.0 Å². The molecule has 1 aliphatic rings. The van der Waals surface area contributed by atoms with Crippen molar-refractivity contribution in [1.82, 2.24) is 5.32 Å². The molecule has 5 heteroatoms. The molecule has 0 aromatic rings. The third-order valence-electron chi connectivity index (χ3n) is 3.34. The van der Waals surface area contributed by atoms with E-state index in [1.54, 1.807) is 7.11 Å². The number of hydrogen-bond donors (Lipinski definition) is 1. The Hall–Kier alpha value is -1.10. The molecule has 1 atom stereocenters. The summed E-state index contributed by atoms with van der Waals surface area (Å²) in [7, 11) is 1.61. The molecule has 1 aliphatic carbocycles. The molecule has 110 valence electrons. The Morgan fingerprint density at radius 3 is 2.58 bits per heavy atom. The second kappa shape index (κ2) is 8.91. The zero-order valence-electron chi connectivity index (χ0n) is 11.9. The average Bonchev–Trinajstić information content (AvgIpc) is 2.88. The molecule has 1 rings (SSSR count). The Balaban J connectivity index is 2.13. The summed E-state index contributed by atoms with van der Waals surface area (Å²) in [6, 6.07) is -0.164. The Bertz CT molecular complexity index is 287. The molecular weight excluding hydrogens is 246 g/mol. The molecule has 19 heavy (non-hydrogen) atoms. The molecule has 1 N–H and O–H groups in total. The highest BCUT2D eigenvalue weighted by Crippen LogP contribution is 2.24. The van der Waals surface area contributed by atoms with Gasteiger partial charge in [-0.3, -0.25) is 9.59 Å². The third-order valence-corrected chi connectivity index (χ3v) is 3.34. The second-order valence-electron chi connectivity index (χ2n) is 5.16. The predicted octanol–water partition coefficient (Wildman–Crippen LogP) is 1.65. The third kappa shape index (κ3) is 6.57. The van der Waals surface area contributed by atoms with Crippen molar-refractivity contribution in [3.63, 3.8) is 0 Å². The van der Waals surface area contributed by atoms with Gasteiger partial charge in [-0.1, -0.05) is 12.8 Å². The normalized spacial score (nSPS) is 17.2. The molecule has 1 saturated carbocycles. The van der Waals surface area contributed by atoms with E-state index in [0.717, 1.165) is 25.7 Å². The van der Waals surface area contributed by atoms with Gasteiger partial charge in [-0.25, -0.2) is 0 Å². The summed E-state index contributed by atoms with van der Waals surface area (Å²) in [5, 5.41) is 2.89. The van der Waals surface area contributed by atoms with Crippen LogP contribution in [0.3, 0.4) is 0 Å². The Morgan fingerprint density at radius 1 is 1.26 bits per heavy atom. The van der Waals surface area contributed by atoms with E-state index in [0.29, 0.717) is 19.6 Å². The van der Waals surface area contributed by atoms with E-state index in [9.17, 15) is 9.59 Å². The minimum Gasteiger partial charge on any atom is -0.466 e. The number of methoxy groups -OCH3 is 1. The number of ether oxygens (including phenoxy) is 2. The predicted molar refractivity (Wildman–Crippen MR) is 71.6 cm³/mol. The maximum atomic E-state index is 11.9. The van der Waals surface area contributed by atoms with Crippen LogP contribution in [0.15, 0.2) is 0 Å². The topological polar surface area (TPSA) is 64.6 Å². The van der Waals surface area contributed by atoms with Crippen molar-refractivity contribution in [1.29, 1.82) is 0 Å². The van der Waals surface area contributed by atoms with Gasteiger partial charge >= 0.3 is 5.97 Å². The average molecular weight is 271 g/mol. The zero-order chi connectivity index (χ0) is 14.1. The van der Waals surface area contributed by atoms with E-state index < -0.39 is 0 Å². The van der Waals surface area contributed by atoms with Gasteiger partial charge in [0.2, 0.25) is 5.91 Å². The van der Waals surface area contributed by atoms with E-state index in [4.69, 9.17) is 9.47 Å². The van der Waals surface area contributed by atoms with Crippen molar-refractivity contribution in [3.8, 4) is 0 Å². The number of amides is 1. The molecule has 5 nitrogen and oxygen atoms in total. The van der Waals surface area contributed by atoms with Gasteiger partial charge in [0.25, 0.3) is 0 Å². The molecule has 0 aromatic carbocycles. The molecule has 0 radical (unpaired) electrons. The first-order valence-corrected chi connectivity index (χ1v) is 7.08. The van der Waals surface area contributed by atoms with Crippen LogP contribution in [0.4, 0.5) is 0 Å². The Labute approximate surface area is 115 Å². The van der Waals surface area contributed by atoms with Crippen molar-refractivity contribution in [2.24, 2.45) is 5.92 Å². The fraction of sp³-hybridized carbons (Fsp3) is 0.857. The lowest BCUT2D eigenvalue weighted by molar-refractivity contribution is -0.144. The highest BCUT2D eigenvalue weighted by molar-refractivity contribution is 5.80. The van der Waals surface area contributed by atoms with E-state index >= 15 is 0 Å². The van der Waals surface area contributed by atoms with Gasteiger partial charge in [-0.05, 0) is 19.8 Å². The zero-order valence-corrected chi connectivity index (χ0v) is 11.9. The lowest BCUT2D eigenvalue weighted by Crippen LogP contribution is -2.38. The van der Waals surface area contributed by atoms with Crippen LogP contribution in [0, 0.1) is 5.92 Å². The number of nitrogens with one attached hydrogen (secondary N) is 1. The van der Waals surface area contributed by atoms with Gasteiger partial charge < -0.3 is 14.8 Å². The summed E-state index contributed by atoms with van der Waals surface area (Å²) in [6.45, 7) is 2.79. The minimum atomic E-state index is -0.268. The van der Waals surface area contributed by atoms with Gasteiger partial charge in [0.1, 0.15) is 0 Å². The van der Waals surface area contributed by atoms with Gasteiger partial charge in [0.15, 0.2) is 0 Å². The fourth-order valence-electron chi connectivity index (χ4n) is 2.30. The molecule has 0 aromatic heterocycles. The number of hydrogen-bond acceptors (Lipinski definition) is 4. The first-order valence-electron chi connectivity index (χ1n) is 7.08. The lowest BCUT2D eigenvalue weighted by Gasteiger charge is -2.16. The maximum absolute atomic E-state index is 11.9. The van der Waals surface area contributed by atoms with Crippen LogP contribution in [0.2, 0.25) is 0 Å². The summed E-state index contributed by atoms with van der Waals surface area (Å²) in [5.41, 5.74) is 0. The van der Waals surface area contributed by atoms with Crippen LogP contribution in [0.5, 0.6) is 0 Å². The van der Waals surface area contributed by atoms with Crippen molar-refractivity contribution in [2.45, 2.75) is 51.5 Å². The van der Waals surface area contributed by atoms with Gasteiger partial charge in [-0.15, -0.1) is 0 Å².